The summed E-state index contributed by atoms with van der Waals surface area (Å²) in [7, 11) is 0. The van der Waals surface area contributed by atoms with Gasteiger partial charge in [-0.15, -0.1) is 11.8 Å². The Balaban J connectivity index is 1.83. The zero-order valence-corrected chi connectivity index (χ0v) is 13.9. The van der Waals surface area contributed by atoms with E-state index in [0.717, 1.165) is 17.0 Å². The van der Waals surface area contributed by atoms with E-state index in [-0.39, 0.29) is 16.9 Å². The van der Waals surface area contributed by atoms with E-state index in [1.54, 1.807) is 6.92 Å². The molecule has 0 radical (unpaired) electrons. The smallest absolute Gasteiger partial charge is 0.240 e. The van der Waals surface area contributed by atoms with E-state index in [0.29, 0.717) is 13.0 Å². The number of carbonyl (C=O) groups excluding carboxylic acids is 2. The van der Waals surface area contributed by atoms with Gasteiger partial charge in [0.15, 0.2) is 0 Å². The number of fused-ring (bicyclic) bond motifs is 1. The fourth-order valence-corrected chi connectivity index (χ4v) is 4.09. The Hall–Kier alpha value is -2.07. The van der Waals surface area contributed by atoms with Crippen LogP contribution < -0.4 is 4.90 Å². The van der Waals surface area contributed by atoms with Crippen LogP contribution in [0.25, 0.3) is 0 Å². The first kappa shape index (κ1) is 15.8. The second-order valence-corrected chi connectivity index (χ2v) is 6.95. The molecule has 1 amide bonds. The van der Waals surface area contributed by atoms with E-state index in [1.165, 1.54) is 17.3 Å². The highest BCUT2D eigenvalue weighted by atomic mass is 32.2. The Morgan fingerprint density at radius 3 is 2.52 bits per heavy atom. The standard InChI is InChI=1S/C19H19NO2S/c1-14(21)13-18-19(22)20(12-11-15-7-3-2-4-8-15)16-9-5-6-10-17(16)23-18/h2-10,18H,11-13H2,1H3. The van der Waals surface area contributed by atoms with E-state index >= 15 is 0 Å². The number of amides is 1. The molecule has 2 aromatic carbocycles. The van der Waals surface area contributed by atoms with Gasteiger partial charge in [-0.2, -0.15) is 0 Å². The molecule has 1 atom stereocenters. The highest BCUT2D eigenvalue weighted by molar-refractivity contribution is 8.01. The normalized spacial score (nSPS) is 17.0. The van der Waals surface area contributed by atoms with Gasteiger partial charge in [-0.05, 0) is 31.0 Å². The topological polar surface area (TPSA) is 37.4 Å². The second kappa shape index (κ2) is 7.01. The van der Waals surface area contributed by atoms with Crippen molar-refractivity contribution in [2.45, 2.75) is 29.9 Å². The van der Waals surface area contributed by atoms with Crippen molar-refractivity contribution >= 4 is 29.1 Å². The molecule has 1 aliphatic rings. The first-order valence-corrected chi connectivity index (χ1v) is 8.63. The Morgan fingerprint density at radius 1 is 1.09 bits per heavy atom. The minimum Gasteiger partial charge on any atom is -0.310 e. The monoisotopic (exact) mass is 325 g/mol. The SMILES string of the molecule is CC(=O)CC1Sc2ccccc2N(CCc2ccccc2)C1=O. The number of rotatable bonds is 5. The molecule has 0 fully saturated rings. The third kappa shape index (κ3) is 3.64. The van der Waals surface area contributed by atoms with Gasteiger partial charge in [0.1, 0.15) is 5.78 Å². The summed E-state index contributed by atoms with van der Waals surface area (Å²) in [4.78, 5) is 27.2. The van der Waals surface area contributed by atoms with Crippen molar-refractivity contribution in [3.63, 3.8) is 0 Å². The number of Topliss-reactive ketones (excluding diaryl/α,β-unsaturated/α-hetero) is 1. The van der Waals surface area contributed by atoms with Crippen molar-refractivity contribution in [2.75, 3.05) is 11.4 Å². The maximum Gasteiger partial charge on any atom is 0.240 e. The summed E-state index contributed by atoms with van der Waals surface area (Å²) in [5.41, 5.74) is 2.16. The molecule has 1 heterocycles. The third-order valence-electron chi connectivity index (χ3n) is 3.91. The highest BCUT2D eigenvalue weighted by Crippen LogP contribution is 2.40. The van der Waals surface area contributed by atoms with Crippen molar-refractivity contribution in [2.24, 2.45) is 0 Å². The van der Waals surface area contributed by atoms with Crippen LogP contribution in [0.3, 0.4) is 0 Å². The molecule has 23 heavy (non-hydrogen) atoms. The zero-order valence-electron chi connectivity index (χ0n) is 13.1. The van der Waals surface area contributed by atoms with Crippen molar-refractivity contribution in [1.82, 2.24) is 0 Å². The number of benzene rings is 2. The molecule has 4 heteroatoms. The summed E-state index contributed by atoms with van der Waals surface area (Å²) in [6.07, 6.45) is 1.10. The zero-order chi connectivity index (χ0) is 16.2. The van der Waals surface area contributed by atoms with Crippen LogP contribution in [0.15, 0.2) is 59.5 Å². The molecule has 3 nitrogen and oxygen atoms in total. The number of ketones is 1. The predicted octanol–water partition coefficient (Wildman–Crippen LogP) is 3.72. The predicted molar refractivity (Wildman–Crippen MR) is 93.9 cm³/mol. The first-order valence-electron chi connectivity index (χ1n) is 7.75. The van der Waals surface area contributed by atoms with Gasteiger partial charge in [-0.25, -0.2) is 0 Å². The number of hydrogen-bond donors (Lipinski definition) is 0. The molecule has 0 N–H and O–H groups in total. The van der Waals surface area contributed by atoms with Gasteiger partial charge in [-0.1, -0.05) is 42.5 Å². The molecule has 0 bridgehead atoms. The lowest BCUT2D eigenvalue weighted by Crippen LogP contribution is -2.42. The maximum absolute atomic E-state index is 12.8. The van der Waals surface area contributed by atoms with Crippen LogP contribution in [0.4, 0.5) is 5.69 Å². The van der Waals surface area contributed by atoms with Crippen LogP contribution in [0.2, 0.25) is 0 Å². The van der Waals surface area contributed by atoms with E-state index in [2.05, 4.69) is 12.1 Å². The van der Waals surface area contributed by atoms with Crippen molar-refractivity contribution in [1.29, 1.82) is 0 Å². The maximum atomic E-state index is 12.8. The van der Waals surface area contributed by atoms with Crippen LogP contribution >= 0.6 is 11.8 Å². The van der Waals surface area contributed by atoms with Crippen LogP contribution in [0.1, 0.15) is 18.9 Å². The van der Waals surface area contributed by atoms with Gasteiger partial charge in [-0.3, -0.25) is 9.59 Å². The summed E-state index contributed by atoms with van der Waals surface area (Å²) < 4.78 is 0. The number of para-hydroxylation sites is 1. The third-order valence-corrected chi connectivity index (χ3v) is 5.16. The highest BCUT2D eigenvalue weighted by Gasteiger charge is 2.33. The fraction of sp³-hybridized carbons (Fsp3) is 0.263. The Bertz CT molecular complexity index is 714. The van der Waals surface area contributed by atoms with Gasteiger partial charge in [0, 0.05) is 17.9 Å². The average Bonchev–Trinajstić information content (AvgIpc) is 2.55. The van der Waals surface area contributed by atoms with E-state index < -0.39 is 0 Å². The number of nitrogens with zero attached hydrogens (tertiary/aromatic N) is 1. The summed E-state index contributed by atoms with van der Waals surface area (Å²) in [6.45, 7) is 2.18. The fourth-order valence-electron chi connectivity index (χ4n) is 2.78. The van der Waals surface area contributed by atoms with E-state index in [1.807, 2.05) is 47.4 Å². The van der Waals surface area contributed by atoms with Crippen molar-refractivity contribution in [3.8, 4) is 0 Å². The summed E-state index contributed by atoms with van der Waals surface area (Å²) in [6, 6.07) is 18.1. The molecular formula is C19H19NO2S. The first-order chi connectivity index (χ1) is 11.1. The molecule has 0 spiro atoms. The van der Waals surface area contributed by atoms with E-state index in [9.17, 15) is 9.59 Å². The van der Waals surface area contributed by atoms with Gasteiger partial charge in [0.05, 0.1) is 10.9 Å². The minimum absolute atomic E-state index is 0.0415. The average molecular weight is 325 g/mol. The molecule has 0 aromatic heterocycles. The largest absolute Gasteiger partial charge is 0.310 e. The Morgan fingerprint density at radius 2 is 1.78 bits per heavy atom. The lowest BCUT2D eigenvalue weighted by atomic mass is 10.1. The summed E-state index contributed by atoms with van der Waals surface area (Å²) in [5, 5.41) is -0.307. The van der Waals surface area contributed by atoms with Crippen LogP contribution in [0.5, 0.6) is 0 Å². The molecule has 1 aliphatic heterocycles. The molecule has 2 aromatic rings. The minimum atomic E-state index is -0.307. The van der Waals surface area contributed by atoms with Crippen LogP contribution in [-0.2, 0) is 16.0 Å². The van der Waals surface area contributed by atoms with Crippen LogP contribution in [0, 0.1) is 0 Å². The van der Waals surface area contributed by atoms with Crippen molar-refractivity contribution < 1.29 is 9.59 Å². The number of anilines is 1. The molecular weight excluding hydrogens is 306 g/mol. The molecule has 0 saturated carbocycles. The molecule has 1 unspecified atom stereocenters. The van der Waals surface area contributed by atoms with Crippen molar-refractivity contribution in [3.05, 3.63) is 60.2 Å². The number of carbonyl (C=O) groups is 2. The molecule has 3 rings (SSSR count). The van der Waals surface area contributed by atoms with Gasteiger partial charge in [0.2, 0.25) is 5.91 Å². The lowest BCUT2D eigenvalue weighted by Gasteiger charge is -2.33. The molecule has 118 valence electrons. The number of hydrogen-bond acceptors (Lipinski definition) is 3. The number of thioether (sulfide) groups is 1. The van der Waals surface area contributed by atoms with Crippen LogP contribution in [-0.4, -0.2) is 23.5 Å². The summed E-state index contributed by atoms with van der Waals surface area (Å²) >= 11 is 1.51. The summed E-state index contributed by atoms with van der Waals surface area (Å²) in [5.74, 6) is 0.0954. The Labute approximate surface area is 140 Å². The van der Waals surface area contributed by atoms with Gasteiger partial charge < -0.3 is 4.90 Å². The quantitative estimate of drug-likeness (QED) is 0.841. The lowest BCUT2D eigenvalue weighted by molar-refractivity contribution is -0.122. The second-order valence-electron chi connectivity index (χ2n) is 5.71. The van der Waals surface area contributed by atoms with Gasteiger partial charge >= 0.3 is 0 Å². The van der Waals surface area contributed by atoms with Gasteiger partial charge in [0.25, 0.3) is 0 Å². The molecule has 0 aliphatic carbocycles. The Kier molecular flexibility index (Phi) is 4.82. The molecule has 0 saturated heterocycles. The van der Waals surface area contributed by atoms with E-state index in [4.69, 9.17) is 0 Å².